The highest BCUT2D eigenvalue weighted by Crippen LogP contribution is 2.45. The lowest BCUT2D eigenvalue weighted by atomic mass is 9.70. The first-order valence-corrected chi connectivity index (χ1v) is 8.58. The van der Waals surface area contributed by atoms with Crippen molar-refractivity contribution in [3.63, 3.8) is 0 Å². The summed E-state index contributed by atoms with van der Waals surface area (Å²) in [6, 6.07) is 7.87. The molecule has 0 unspecified atom stereocenters. The lowest BCUT2D eigenvalue weighted by Gasteiger charge is -2.36. The van der Waals surface area contributed by atoms with E-state index in [-0.39, 0.29) is 23.9 Å². The maximum Gasteiger partial charge on any atom is 0.309 e. The number of benzene rings is 1. The molecule has 2 nitrogen and oxygen atoms in total. The van der Waals surface area contributed by atoms with E-state index in [1.54, 1.807) is 0 Å². The van der Waals surface area contributed by atoms with Crippen molar-refractivity contribution in [2.45, 2.75) is 63.4 Å². The van der Waals surface area contributed by atoms with Crippen molar-refractivity contribution in [1.29, 1.82) is 0 Å². The van der Waals surface area contributed by atoms with E-state index in [1.807, 2.05) is 24.3 Å². The van der Waals surface area contributed by atoms with Crippen LogP contribution in [0.3, 0.4) is 0 Å². The molecule has 0 aliphatic heterocycles. The summed E-state index contributed by atoms with van der Waals surface area (Å²) in [5.41, 5.74) is 1.10. The van der Waals surface area contributed by atoms with Crippen molar-refractivity contribution in [2.24, 2.45) is 5.92 Å². The molecule has 2 aliphatic carbocycles. The molecule has 3 heteroatoms. The Hall–Kier alpha value is -1.02. The van der Waals surface area contributed by atoms with Crippen molar-refractivity contribution in [2.75, 3.05) is 0 Å². The van der Waals surface area contributed by atoms with E-state index in [4.69, 9.17) is 16.3 Å². The number of rotatable bonds is 3. The summed E-state index contributed by atoms with van der Waals surface area (Å²) < 4.78 is 5.78. The summed E-state index contributed by atoms with van der Waals surface area (Å²) in [4.78, 5) is 12.4. The van der Waals surface area contributed by atoms with Gasteiger partial charge in [0.25, 0.3) is 0 Å². The molecular weight excluding hydrogens is 284 g/mol. The SMILES string of the molecule is O=C(OC1CCCCCC1)[C@@H]1CC[C@@H]1c1ccccc1Cl. The van der Waals surface area contributed by atoms with E-state index < -0.39 is 0 Å². The van der Waals surface area contributed by atoms with Crippen LogP contribution < -0.4 is 0 Å². The van der Waals surface area contributed by atoms with Crippen LogP contribution in [0, 0.1) is 5.92 Å². The topological polar surface area (TPSA) is 26.3 Å². The summed E-state index contributed by atoms with van der Waals surface area (Å²) in [5, 5.41) is 0.773. The fourth-order valence-electron chi connectivity index (χ4n) is 3.54. The highest BCUT2D eigenvalue weighted by molar-refractivity contribution is 6.31. The molecule has 0 aromatic heterocycles. The van der Waals surface area contributed by atoms with E-state index in [2.05, 4.69) is 0 Å². The van der Waals surface area contributed by atoms with Crippen molar-refractivity contribution >= 4 is 17.6 Å². The summed E-state index contributed by atoms with van der Waals surface area (Å²) in [7, 11) is 0. The van der Waals surface area contributed by atoms with Crippen LogP contribution in [0.4, 0.5) is 0 Å². The third kappa shape index (κ3) is 3.42. The van der Waals surface area contributed by atoms with Crippen molar-refractivity contribution in [1.82, 2.24) is 0 Å². The second kappa shape index (κ2) is 6.83. The third-order valence-corrected chi connectivity index (χ3v) is 5.31. The second-order valence-electron chi connectivity index (χ2n) is 6.36. The van der Waals surface area contributed by atoms with Gasteiger partial charge < -0.3 is 4.74 Å². The van der Waals surface area contributed by atoms with Crippen LogP contribution in [-0.4, -0.2) is 12.1 Å². The average molecular weight is 307 g/mol. The molecule has 2 aliphatic rings. The Balaban J connectivity index is 1.61. The molecular formula is C18H23ClO2. The molecule has 21 heavy (non-hydrogen) atoms. The molecule has 0 bridgehead atoms. The lowest BCUT2D eigenvalue weighted by molar-refractivity contribution is -0.158. The smallest absolute Gasteiger partial charge is 0.309 e. The summed E-state index contributed by atoms with van der Waals surface area (Å²) in [5.74, 6) is 0.253. The molecule has 2 fully saturated rings. The van der Waals surface area contributed by atoms with Gasteiger partial charge in [-0.1, -0.05) is 42.6 Å². The summed E-state index contributed by atoms with van der Waals surface area (Å²) >= 11 is 6.26. The van der Waals surface area contributed by atoms with Gasteiger partial charge in [0.05, 0.1) is 5.92 Å². The molecule has 0 spiro atoms. The monoisotopic (exact) mass is 306 g/mol. The van der Waals surface area contributed by atoms with E-state index >= 15 is 0 Å². The van der Waals surface area contributed by atoms with Crippen LogP contribution in [0.15, 0.2) is 24.3 Å². The van der Waals surface area contributed by atoms with Gasteiger partial charge >= 0.3 is 5.97 Å². The predicted octanol–water partition coefficient (Wildman–Crippen LogP) is 5.10. The second-order valence-corrected chi connectivity index (χ2v) is 6.77. The van der Waals surface area contributed by atoms with Crippen LogP contribution in [0.25, 0.3) is 0 Å². The van der Waals surface area contributed by atoms with Gasteiger partial charge in [-0.3, -0.25) is 4.79 Å². The minimum atomic E-state index is -0.00179. The molecule has 1 aromatic carbocycles. The molecule has 3 rings (SSSR count). The van der Waals surface area contributed by atoms with Gasteiger partial charge in [0.1, 0.15) is 6.10 Å². The van der Waals surface area contributed by atoms with Gasteiger partial charge in [-0.2, -0.15) is 0 Å². The first kappa shape index (κ1) is 14.9. The third-order valence-electron chi connectivity index (χ3n) is 4.97. The van der Waals surface area contributed by atoms with E-state index in [1.165, 1.54) is 25.7 Å². The lowest BCUT2D eigenvalue weighted by Crippen LogP contribution is -2.35. The van der Waals surface area contributed by atoms with Crippen LogP contribution in [0.1, 0.15) is 62.8 Å². The Bertz CT molecular complexity index is 492. The number of ether oxygens (including phenoxy) is 1. The van der Waals surface area contributed by atoms with Gasteiger partial charge in [0, 0.05) is 5.02 Å². The number of halogens is 1. The first-order valence-electron chi connectivity index (χ1n) is 8.20. The predicted molar refractivity (Wildman–Crippen MR) is 84.5 cm³/mol. The molecule has 2 atom stereocenters. The fraction of sp³-hybridized carbons (Fsp3) is 0.611. The fourth-order valence-corrected chi connectivity index (χ4v) is 3.82. The van der Waals surface area contributed by atoms with Crippen molar-refractivity contribution in [3.8, 4) is 0 Å². The molecule has 0 N–H and O–H groups in total. The Morgan fingerprint density at radius 2 is 1.71 bits per heavy atom. The molecule has 2 saturated carbocycles. The minimum absolute atomic E-state index is 0.00179. The van der Waals surface area contributed by atoms with Crippen LogP contribution in [0.5, 0.6) is 0 Å². The van der Waals surface area contributed by atoms with Gasteiger partial charge in [-0.25, -0.2) is 0 Å². The normalized spacial score (nSPS) is 26.7. The number of carbonyl (C=O) groups excluding carboxylic acids is 1. The molecule has 0 heterocycles. The summed E-state index contributed by atoms with van der Waals surface area (Å²) in [6.45, 7) is 0. The van der Waals surface area contributed by atoms with Crippen LogP contribution in [0.2, 0.25) is 5.02 Å². The van der Waals surface area contributed by atoms with Crippen molar-refractivity contribution < 1.29 is 9.53 Å². The van der Waals surface area contributed by atoms with Crippen molar-refractivity contribution in [3.05, 3.63) is 34.9 Å². The Kier molecular flexibility index (Phi) is 4.84. The minimum Gasteiger partial charge on any atom is -0.462 e. The highest BCUT2D eigenvalue weighted by Gasteiger charge is 2.40. The zero-order chi connectivity index (χ0) is 14.7. The Labute approximate surface area is 131 Å². The molecule has 1 aromatic rings. The Morgan fingerprint density at radius 3 is 2.33 bits per heavy atom. The van der Waals surface area contributed by atoms with E-state index in [0.29, 0.717) is 0 Å². The zero-order valence-electron chi connectivity index (χ0n) is 12.4. The molecule has 0 amide bonds. The van der Waals surface area contributed by atoms with Gasteiger partial charge in [0.2, 0.25) is 0 Å². The first-order chi connectivity index (χ1) is 10.3. The highest BCUT2D eigenvalue weighted by atomic mass is 35.5. The average Bonchev–Trinajstić information content (AvgIpc) is 2.68. The van der Waals surface area contributed by atoms with Gasteiger partial charge in [-0.05, 0) is 56.1 Å². The Morgan fingerprint density at radius 1 is 1.00 bits per heavy atom. The number of hydrogen-bond donors (Lipinski definition) is 0. The summed E-state index contributed by atoms with van der Waals surface area (Å²) in [6.07, 6.45) is 9.12. The van der Waals surface area contributed by atoms with E-state index in [9.17, 15) is 4.79 Å². The number of hydrogen-bond acceptors (Lipinski definition) is 2. The molecule has 114 valence electrons. The quantitative estimate of drug-likeness (QED) is 0.573. The van der Waals surface area contributed by atoms with Crippen LogP contribution in [-0.2, 0) is 9.53 Å². The number of esters is 1. The maximum atomic E-state index is 12.4. The maximum absolute atomic E-state index is 12.4. The standard InChI is InChI=1S/C18H23ClO2/c19-17-10-6-5-9-15(17)14-11-12-16(14)18(20)21-13-7-3-1-2-4-8-13/h5-6,9-10,13-14,16H,1-4,7-8,11-12H2/t14-,16-/m1/s1. The molecule has 0 radical (unpaired) electrons. The number of carbonyl (C=O) groups is 1. The zero-order valence-corrected chi connectivity index (χ0v) is 13.1. The van der Waals surface area contributed by atoms with Gasteiger partial charge in [-0.15, -0.1) is 0 Å². The largest absolute Gasteiger partial charge is 0.462 e. The van der Waals surface area contributed by atoms with Gasteiger partial charge in [0.15, 0.2) is 0 Å². The van der Waals surface area contributed by atoms with E-state index in [0.717, 1.165) is 36.3 Å². The van der Waals surface area contributed by atoms with Crippen LogP contribution >= 0.6 is 11.6 Å². The molecule has 0 saturated heterocycles.